The molecule has 0 radical (unpaired) electrons. The van der Waals surface area contributed by atoms with Gasteiger partial charge in [-0.2, -0.15) is 0 Å². The van der Waals surface area contributed by atoms with E-state index in [0.717, 1.165) is 5.69 Å². The molecule has 2 aromatic carbocycles. The SMILES string of the molecule is COc1ccc(-c2cc(N(C)C)c3c(c2O)C(=O)C2=C(O)[C@@]4(O)C(=O)C(C(C)=O)=C(C)C[C@H]4C[C@H]2C3)cc1. The van der Waals surface area contributed by atoms with E-state index < -0.39 is 40.5 Å². The average Bonchev–Trinajstić information content (AvgIpc) is 2.86. The molecular formula is C30H31NO7. The quantitative estimate of drug-likeness (QED) is 0.521. The lowest BCUT2D eigenvalue weighted by Crippen LogP contribution is -2.56. The Hall–Kier alpha value is -3.91. The van der Waals surface area contributed by atoms with Crippen LogP contribution in [0.3, 0.4) is 0 Å². The number of carbonyl (C=O) groups is 3. The third kappa shape index (κ3) is 3.50. The van der Waals surface area contributed by atoms with Crippen LogP contribution in [0.15, 0.2) is 52.8 Å². The van der Waals surface area contributed by atoms with Crippen LogP contribution in [0.5, 0.6) is 11.5 Å². The number of Topliss-reactive ketones (excluding diaryl/α,β-unsaturated/α-hetero) is 3. The average molecular weight is 518 g/mol. The Kier molecular flexibility index (Phi) is 5.98. The fourth-order valence-electron chi connectivity index (χ4n) is 6.46. The molecule has 0 spiro atoms. The summed E-state index contributed by atoms with van der Waals surface area (Å²) in [7, 11) is 5.27. The summed E-state index contributed by atoms with van der Waals surface area (Å²) in [5, 5.41) is 34.4. The molecule has 3 N–H and O–H groups in total. The Morgan fingerprint density at radius 2 is 1.76 bits per heavy atom. The van der Waals surface area contributed by atoms with E-state index in [0.29, 0.717) is 34.4 Å². The summed E-state index contributed by atoms with van der Waals surface area (Å²) < 4.78 is 5.23. The molecule has 5 rings (SSSR count). The van der Waals surface area contributed by atoms with Gasteiger partial charge >= 0.3 is 0 Å². The molecule has 0 saturated heterocycles. The van der Waals surface area contributed by atoms with Crippen LogP contribution in [0.2, 0.25) is 0 Å². The second-order valence-corrected chi connectivity index (χ2v) is 10.7. The van der Waals surface area contributed by atoms with Gasteiger partial charge in [-0.3, -0.25) is 14.4 Å². The van der Waals surface area contributed by atoms with Gasteiger partial charge in [0.1, 0.15) is 17.3 Å². The molecule has 0 aliphatic heterocycles. The number of phenolic OH excluding ortho intramolecular Hbond substituents is 1. The van der Waals surface area contributed by atoms with Crippen LogP contribution in [0.25, 0.3) is 11.1 Å². The van der Waals surface area contributed by atoms with Crippen molar-refractivity contribution in [1.82, 2.24) is 0 Å². The second kappa shape index (κ2) is 8.84. The second-order valence-electron chi connectivity index (χ2n) is 10.7. The first kappa shape index (κ1) is 25.7. The monoisotopic (exact) mass is 517 g/mol. The minimum atomic E-state index is -2.35. The number of aliphatic hydroxyl groups excluding tert-OH is 1. The molecule has 0 unspecified atom stereocenters. The van der Waals surface area contributed by atoms with Crippen LogP contribution in [-0.4, -0.2) is 59.5 Å². The summed E-state index contributed by atoms with van der Waals surface area (Å²) in [6.07, 6.45) is 0.880. The molecule has 3 atom stereocenters. The highest BCUT2D eigenvalue weighted by Gasteiger charge is 2.58. The Labute approximate surface area is 220 Å². The van der Waals surface area contributed by atoms with Crippen LogP contribution >= 0.6 is 0 Å². The molecule has 3 aliphatic rings. The van der Waals surface area contributed by atoms with Crippen molar-refractivity contribution in [2.75, 3.05) is 26.1 Å². The summed E-state index contributed by atoms with van der Waals surface area (Å²) >= 11 is 0. The standard InChI is InChI=1S/C30H31NO7/c1-14-10-18-11-17-12-21-22(31(3)4)13-20(16-6-8-19(38-5)9-7-16)26(33)25(21)27(34)24(17)29(36)30(18,37)28(35)23(14)15(2)32/h6-9,13,17-18,33,36-37H,10-12H2,1-5H3/t17-,18-,30-/m0/s1. The predicted molar refractivity (Wildman–Crippen MR) is 142 cm³/mol. The van der Waals surface area contributed by atoms with E-state index in [2.05, 4.69) is 0 Å². The Morgan fingerprint density at radius 3 is 2.34 bits per heavy atom. The molecule has 2 aromatic rings. The molecule has 0 aromatic heterocycles. The van der Waals surface area contributed by atoms with Gasteiger partial charge in [-0.1, -0.05) is 17.7 Å². The number of hydrogen-bond donors (Lipinski definition) is 3. The van der Waals surface area contributed by atoms with Gasteiger partial charge in [-0.25, -0.2) is 0 Å². The Morgan fingerprint density at radius 1 is 1.11 bits per heavy atom. The van der Waals surface area contributed by atoms with Crippen LogP contribution in [-0.2, 0) is 16.0 Å². The third-order valence-electron chi connectivity index (χ3n) is 8.28. The fourth-order valence-corrected chi connectivity index (χ4v) is 6.46. The number of anilines is 1. The molecule has 38 heavy (non-hydrogen) atoms. The minimum absolute atomic E-state index is 0.0450. The highest BCUT2D eigenvalue weighted by atomic mass is 16.5. The number of hydrogen-bond acceptors (Lipinski definition) is 8. The molecule has 0 bridgehead atoms. The first-order chi connectivity index (χ1) is 17.9. The number of benzene rings is 2. The van der Waals surface area contributed by atoms with E-state index in [1.807, 2.05) is 25.1 Å². The highest BCUT2D eigenvalue weighted by molar-refractivity contribution is 6.25. The van der Waals surface area contributed by atoms with E-state index in [1.165, 1.54) is 6.92 Å². The van der Waals surface area contributed by atoms with Crippen molar-refractivity contribution >= 4 is 23.0 Å². The molecule has 3 aliphatic carbocycles. The molecule has 0 amide bonds. The van der Waals surface area contributed by atoms with Crippen LogP contribution < -0.4 is 9.64 Å². The number of phenols is 1. The van der Waals surface area contributed by atoms with Crippen molar-refractivity contribution in [2.45, 2.75) is 38.7 Å². The maximum atomic E-state index is 14.0. The number of allylic oxidation sites excluding steroid dienone is 2. The zero-order valence-electron chi connectivity index (χ0n) is 22.1. The van der Waals surface area contributed by atoms with Gasteiger partial charge in [0.25, 0.3) is 0 Å². The third-order valence-corrected chi connectivity index (χ3v) is 8.28. The topological polar surface area (TPSA) is 124 Å². The number of rotatable bonds is 4. The molecule has 0 heterocycles. The highest BCUT2D eigenvalue weighted by Crippen LogP contribution is 2.53. The number of ether oxygens (including phenoxy) is 1. The summed E-state index contributed by atoms with van der Waals surface area (Å²) in [6.45, 7) is 2.94. The number of aliphatic hydroxyl groups is 2. The van der Waals surface area contributed by atoms with Gasteiger partial charge in [0.05, 0.1) is 18.2 Å². The van der Waals surface area contributed by atoms with Gasteiger partial charge in [-0.05, 0) is 68.4 Å². The lowest BCUT2D eigenvalue weighted by molar-refractivity contribution is -0.143. The Bertz CT molecular complexity index is 1460. The van der Waals surface area contributed by atoms with Crippen molar-refractivity contribution in [3.05, 3.63) is 63.9 Å². The smallest absolute Gasteiger partial charge is 0.205 e. The first-order valence-corrected chi connectivity index (χ1v) is 12.6. The summed E-state index contributed by atoms with van der Waals surface area (Å²) in [5.41, 5.74) is 0.574. The lowest BCUT2D eigenvalue weighted by atomic mass is 9.59. The Balaban J connectivity index is 1.71. The fraction of sp³-hybridized carbons (Fsp3) is 0.367. The summed E-state index contributed by atoms with van der Waals surface area (Å²) in [5.74, 6) is -3.40. The summed E-state index contributed by atoms with van der Waals surface area (Å²) in [4.78, 5) is 41.5. The van der Waals surface area contributed by atoms with Crippen molar-refractivity contribution in [3.63, 3.8) is 0 Å². The largest absolute Gasteiger partial charge is 0.508 e. The van der Waals surface area contributed by atoms with Gasteiger partial charge in [0, 0.05) is 36.8 Å². The van der Waals surface area contributed by atoms with E-state index in [4.69, 9.17) is 4.74 Å². The van der Waals surface area contributed by atoms with Crippen molar-refractivity contribution in [2.24, 2.45) is 11.8 Å². The number of fused-ring (bicyclic) bond motifs is 3. The van der Waals surface area contributed by atoms with Crippen molar-refractivity contribution in [1.29, 1.82) is 0 Å². The molecule has 0 saturated carbocycles. The molecule has 8 nitrogen and oxygen atoms in total. The number of methoxy groups -OCH3 is 1. The number of ketones is 3. The zero-order valence-corrected chi connectivity index (χ0v) is 22.1. The lowest BCUT2D eigenvalue weighted by Gasteiger charge is -2.46. The van der Waals surface area contributed by atoms with E-state index >= 15 is 0 Å². The van der Waals surface area contributed by atoms with E-state index in [9.17, 15) is 29.7 Å². The van der Waals surface area contributed by atoms with Crippen molar-refractivity contribution < 1.29 is 34.4 Å². The number of aromatic hydroxyl groups is 1. The van der Waals surface area contributed by atoms with Crippen LogP contribution in [0.1, 0.15) is 42.6 Å². The molecule has 8 heteroatoms. The number of nitrogens with zero attached hydrogens (tertiary/aromatic N) is 1. The maximum absolute atomic E-state index is 14.0. The normalized spacial score (nSPS) is 24.6. The van der Waals surface area contributed by atoms with Gasteiger partial charge in [-0.15, -0.1) is 0 Å². The van der Waals surface area contributed by atoms with Gasteiger partial charge in [0.15, 0.2) is 17.2 Å². The zero-order chi connectivity index (χ0) is 27.7. The summed E-state index contributed by atoms with van der Waals surface area (Å²) in [6, 6.07) is 8.90. The first-order valence-electron chi connectivity index (χ1n) is 12.6. The number of carbonyl (C=O) groups excluding carboxylic acids is 3. The maximum Gasteiger partial charge on any atom is 0.205 e. The van der Waals surface area contributed by atoms with Gasteiger partial charge < -0.3 is 25.0 Å². The van der Waals surface area contributed by atoms with Gasteiger partial charge in [0.2, 0.25) is 5.78 Å². The predicted octanol–water partition coefficient (Wildman–Crippen LogP) is 3.93. The van der Waals surface area contributed by atoms with E-state index in [-0.39, 0.29) is 35.3 Å². The van der Waals surface area contributed by atoms with E-state index in [1.54, 1.807) is 38.3 Å². The van der Waals surface area contributed by atoms with Crippen LogP contribution in [0, 0.1) is 11.8 Å². The molecular weight excluding hydrogens is 486 g/mol. The molecule has 198 valence electrons. The van der Waals surface area contributed by atoms with Crippen LogP contribution in [0.4, 0.5) is 5.69 Å². The van der Waals surface area contributed by atoms with Crippen molar-refractivity contribution in [3.8, 4) is 22.6 Å². The minimum Gasteiger partial charge on any atom is -0.508 e. The molecule has 0 fully saturated rings.